The molecule has 0 saturated heterocycles. The van der Waals surface area contributed by atoms with Crippen molar-refractivity contribution in [2.45, 2.75) is 38.3 Å². The smallest absolute Gasteiger partial charge is 0.264 e. The molecule has 2 amide bonds. The first-order valence-corrected chi connectivity index (χ1v) is 15.0. The van der Waals surface area contributed by atoms with Gasteiger partial charge in [0.15, 0.2) is 11.5 Å². The van der Waals surface area contributed by atoms with Gasteiger partial charge >= 0.3 is 0 Å². The molecule has 0 aliphatic carbocycles. The monoisotopic (exact) mass is 597 g/mol. The van der Waals surface area contributed by atoms with Gasteiger partial charge < -0.3 is 24.4 Å². The molecule has 1 atom stereocenters. The van der Waals surface area contributed by atoms with Gasteiger partial charge in [0, 0.05) is 19.2 Å². The van der Waals surface area contributed by atoms with Crippen molar-refractivity contribution in [1.82, 2.24) is 10.2 Å². The second-order valence-corrected chi connectivity index (χ2v) is 11.9. The highest BCUT2D eigenvalue weighted by Crippen LogP contribution is 2.32. The van der Waals surface area contributed by atoms with Gasteiger partial charge in [-0.15, -0.1) is 0 Å². The first kappa shape index (κ1) is 32.3. The Balaban J connectivity index is 2.02. The number of carbonyl (C=O) groups is 2. The predicted molar refractivity (Wildman–Crippen MR) is 161 cm³/mol. The van der Waals surface area contributed by atoms with Crippen molar-refractivity contribution in [3.05, 3.63) is 78.4 Å². The normalized spacial score (nSPS) is 11.9. The number of hydrogen-bond acceptors (Lipinski definition) is 7. The van der Waals surface area contributed by atoms with Gasteiger partial charge in [-0.05, 0) is 54.8 Å². The lowest BCUT2D eigenvalue weighted by Crippen LogP contribution is -2.51. The molecular weight excluding hydrogens is 558 g/mol. The van der Waals surface area contributed by atoms with Crippen LogP contribution in [0.5, 0.6) is 17.2 Å². The number of para-hydroxylation sites is 1. The van der Waals surface area contributed by atoms with Crippen LogP contribution in [0.25, 0.3) is 0 Å². The van der Waals surface area contributed by atoms with E-state index in [9.17, 15) is 18.0 Å². The summed E-state index contributed by atoms with van der Waals surface area (Å²) in [6, 6.07) is 18.8. The van der Waals surface area contributed by atoms with Crippen LogP contribution in [0.15, 0.2) is 77.7 Å². The van der Waals surface area contributed by atoms with E-state index in [2.05, 4.69) is 5.32 Å². The molecule has 3 aromatic rings. The van der Waals surface area contributed by atoms with Crippen LogP contribution >= 0.6 is 0 Å². The second-order valence-electron chi connectivity index (χ2n) is 10.0. The molecular formula is C31H39N3O7S. The van der Waals surface area contributed by atoms with Crippen LogP contribution in [0, 0.1) is 5.92 Å². The third-order valence-electron chi connectivity index (χ3n) is 6.63. The van der Waals surface area contributed by atoms with Crippen LogP contribution in [0.3, 0.4) is 0 Å². The minimum atomic E-state index is -4.26. The Morgan fingerprint density at radius 2 is 1.48 bits per heavy atom. The average Bonchev–Trinajstić information content (AvgIpc) is 3.00. The van der Waals surface area contributed by atoms with E-state index in [0.717, 1.165) is 9.87 Å². The van der Waals surface area contributed by atoms with Crippen molar-refractivity contribution in [1.29, 1.82) is 0 Å². The fourth-order valence-electron chi connectivity index (χ4n) is 4.19. The molecule has 1 N–H and O–H groups in total. The average molecular weight is 598 g/mol. The van der Waals surface area contributed by atoms with Crippen molar-refractivity contribution in [2.24, 2.45) is 5.92 Å². The molecule has 0 bridgehead atoms. The quantitative estimate of drug-likeness (QED) is 0.298. The van der Waals surface area contributed by atoms with Gasteiger partial charge in [-0.25, -0.2) is 8.42 Å². The Morgan fingerprint density at radius 3 is 2.05 bits per heavy atom. The van der Waals surface area contributed by atoms with Gasteiger partial charge in [0.2, 0.25) is 11.8 Å². The Labute approximate surface area is 248 Å². The molecule has 3 rings (SSSR count). The highest BCUT2D eigenvalue weighted by atomic mass is 32.2. The lowest BCUT2D eigenvalue weighted by Gasteiger charge is -2.32. The molecule has 0 radical (unpaired) electrons. The number of methoxy groups -OCH3 is 3. The summed E-state index contributed by atoms with van der Waals surface area (Å²) in [6.07, 6.45) is 0. The molecule has 0 heterocycles. The molecule has 0 fully saturated rings. The van der Waals surface area contributed by atoms with Gasteiger partial charge in [0.25, 0.3) is 10.0 Å². The summed E-state index contributed by atoms with van der Waals surface area (Å²) >= 11 is 0. The van der Waals surface area contributed by atoms with Crippen LogP contribution < -0.4 is 23.8 Å². The van der Waals surface area contributed by atoms with Crippen LogP contribution in [0.1, 0.15) is 26.3 Å². The lowest BCUT2D eigenvalue weighted by atomic mass is 10.1. The zero-order chi connectivity index (χ0) is 30.9. The summed E-state index contributed by atoms with van der Waals surface area (Å²) < 4.78 is 44.9. The minimum Gasteiger partial charge on any atom is -0.497 e. The highest BCUT2D eigenvalue weighted by molar-refractivity contribution is 7.92. The van der Waals surface area contributed by atoms with Crippen LogP contribution in [-0.2, 0) is 26.2 Å². The van der Waals surface area contributed by atoms with E-state index in [1.807, 2.05) is 13.8 Å². The third-order valence-corrected chi connectivity index (χ3v) is 8.40. The van der Waals surface area contributed by atoms with Crippen molar-refractivity contribution in [3.8, 4) is 17.2 Å². The van der Waals surface area contributed by atoms with E-state index in [0.29, 0.717) is 23.7 Å². The number of anilines is 1. The maximum atomic E-state index is 14.0. The van der Waals surface area contributed by atoms with E-state index in [4.69, 9.17) is 14.2 Å². The molecule has 0 spiro atoms. The standard InChI is InChI=1S/C31H39N3O7S/c1-22(2)19-32-31(36)23(3)33(20-24-12-14-26(39-4)15-13-24)30(35)21-34(25-10-8-7-9-11-25)42(37,38)27-16-17-28(40-5)29(18-27)41-6/h7-18,22-23H,19-21H2,1-6H3,(H,32,36)/t23-/m0/s1. The Morgan fingerprint density at radius 1 is 0.833 bits per heavy atom. The molecule has 10 nitrogen and oxygen atoms in total. The number of benzene rings is 3. The van der Waals surface area contributed by atoms with E-state index in [-0.39, 0.29) is 29.0 Å². The summed E-state index contributed by atoms with van der Waals surface area (Å²) in [7, 11) is 0.170. The van der Waals surface area contributed by atoms with Gasteiger partial charge in [-0.1, -0.05) is 44.2 Å². The molecule has 0 aromatic heterocycles. The van der Waals surface area contributed by atoms with E-state index in [1.165, 1.54) is 37.3 Å². The SMILES string of the molecule is COc1ccc(CN(C(=O)CN(c2ccccc2)S(=O)(=O)c2ccc(OC)c(OC)c2)[C@@H](C)C(=O)NCC(C)C)cc1. The number of carbonyl (C=O) groups excluding carboxylic acids is 2. The van der Waals surface area contributed by atoms with Crippen molar-refractivity contribution in [2.75, 3.05) is 38.7 Å². The van der Waals surface area contributed by atoms with Crippen LogP contribution in [0.2, 0.25) is 0 Å². The topological polar surface area (TPSA) is 114 Å². The third kappa shape index (κ3) is 7.94. The molecule has 0 aliphatic heterocycles. The van der Waals surface area contributed by atoms with Gasteiger partial charge in [-0.2, -0.15) is 0 Å². The molecule has 0 saturated carbocycles. The number of hydrogen-bond donors (Lipinski definition) is 1. The fraction of sp³-hybridized carbons (Fsp3) is 0.355. The number of nitrogens with zero attached hydrogens (tertiary/aromatic N) is 2. The zero-order valence-corrected chi connectivity index (χ0v) is 25.7. The summed E-state index contributed by atoms with van der Waals surface area (Å²) in [5.41, 5.74) is 1.05. The maximum Gasteiger partial charge on any atom is 0.264 e. The Bertz CT molecular complexity index is 1450. The fourth-order valence-corrected chi connectivity index (χ4v) is 5.62. The largest absolute Gasteiger partial charge is 0.497 e. The number of ether oxygens (including phenoxy) is 3. The summed E-state index contributed by atoms with van der Waals surface area (Å²) in [6.45, 7) is 5.56. The first-order chi connectivity index (χ1) is 20.0. The second kappa shape index (κ2) is 14.6. The Hall–Kier alpha value is -4.25. The number of nitrogens with one attached hydrogen (secondary N) is 1. The molecule has 3 aromatic carbocycles. The first-order valence-electron chi connectivity index (χ1n) is 13.5. The summed E-state index contributed by atoms with van der Waals surface area (Å²) in [5.74, 6) is 0.577. The number of amides is 2. The van der Waals surface area contributed by atoms with Gasteiger partial charge in [0.1, 0.15) is 18.3 Å². The molecule has 0 aliphatic rings. The summed E-state index contributed by atoms with van der Waals surface area (Å²) in [4.78, 5) is 28.4. The van der Waals surface area contributed by atoms with Crippen LogP contribution in [-0.4, -0.2) is 65.6 Å². The van der Waals surface area contributed by atoms with E-state index >= 15 is 0 Å². The Kier molecular flexibility index (Phi) is 11.2. The highest BCUT2D eigenvalue weighted by Gasteiger charge is 2.33. The number of sulfonamides is 1. The molecule has 226 valence electrons. The maximum absolute atomic E-state index is 14.0. The van der Waals surface area contributed by atoms with E-state index < -0.39 is 28.5 Å². The lowest BCUT2D eigenvalue weighted by molar-refractivity contribution is -0.139. The van der Waals surface area contributed by atoms with Gasteiger partial charge in [0.05, 0.1) is 31.9 Å². The van der Waals surface area contributed by atoms with Crippen molar-refractivity contribution in [3.63, 3.8) is 0 Å². The van der Waals surface area contributed by atoms with Crippen molar-refractivity contribution < 1.29 is 32.2 Å². The minimum absolute atomic E-state index is 0.0815. The molecule has 0 unspecified atom stereocenters. The predicted octanol–water partition coefficient (Wildman–Crippen LogP) is 4.10. The summed E-state index contributed by atoms with van der Waals surface area (Å²) in [5, 5.41) is 2.88. The van der Waals surface area contributed by atoms with Crippen molar-refractivity contribution >= 4 is 27.5 Å². The van der Waals surface area contributed by atoms with Gasteiger partial charge in [-0.3, -0.25) is 13.9 Å². The molecule has 11 heteroatoms. The number of rotatable bonds is 14. The van der Waals surface area contributed by atoms with Crippen LogP contribution in [0.4, 0.5) is 5.69 Å². The van der Waals surface area contributed by atoms with E-state index in [1.54, 1.807) is 68.6 Å². The molecule has 42 heavy (non-hydrogen) atoms. The zero-order valence-electron chi connectivity index (χ0n) is 24.9.